The summed E-state index contributed by atoms with van der Waals surface area (Å²) in [5.41, 5.74) is 0.772. The van der Waals surface area contributed by atoms with Crippen LogP contribution < -0.4 is 4.90 Å². The lowest BCUT2D eigenvalue weighted by atomic mass is 10.3. The van der Waals surface area contributed by atoms with Crippen LogP contribution in [0.3, 0.4) is 0 Å². The summed E-state index contributed by atoms with van der Waals surface area (Å²) in [7, 11) is 1.31. The number of carbonyl (C=O) groups excluding carboxylic acids is 1. The molecule has 0 fully saturated rings. The number of carbonyl (C=O) groups is 1. The molecular weight excluding hydrogens is 283 g/mol. The van der Waals surface area contributed by atoms with Gasteiger partial charge in [-0.1, -0.05) is 11.3 Å². The van der Waals surface area contributed by atoms with Gasteiger partial charge in [0.15, 0.2) is 5.69 Å². The van der Waals surface area contributed by atoms with E-state index in [4.69, 9.17) is 0 Å². The van der Waals surface area contributed by atoms with Crippen molar-refractivity contribution in [1.29, 1.82) is 0 Å². The second-order valence-corrected chi connectivity index (χ2v) is 4.64. The Morgan fingerprint density at radius 1 is 1.42 bits per heavy atom. The zero-order chi connectivity index (χ0) is 14.2. The van der Waals surface area contributed by atoms with Crippen LogP contribution in [0.1, 0.15) is 21.2 Å². The quantitative estimate of drug-likeness (QED) is 0.916. The van der Waals surface area contributed by atoms with Crippen LogP contribution in [-0.4, -0.2) is 33.3 Å². The van der Waals surface area contributed by atoms with Gasteiger partial charge in [-0.3, -0.25) is 14.8 Å². The Kier molecular flexibility index (Phi) is 3.27. The Hall–Kier alpha value is -1.97. The van der Waals surface area contributed by atoms with E-state index < -0.39 is 17.1 Å². The highest BCUT2D eigenvalue weighted by atomic mass is 32.1. The number of hydrogen-bond donors (Lipinski definition) is 1. The first kappa shape index (κ1) is 13.5. The molecule has 0 saturated carbocycles. The van der Waals surface area contributed by atoms with Crippen LogP contribution in [0, 0.1) is 6.92 Å². The summed E-state index contributed by atoms with van der Waals surface area (Å²) in [4.78, 5) is 12.9. The minimum atomic E-state index is -4.57. The fraction of sp³-hybridized carbons (Fsp3) is 0.333. The van der Waals surface area contributed by atoms with Crippen LogP contribution in [0.4, 0.5) is 18.3 Å². The molecule has 0 unspecified atom stereocenters. The van der Waals surface area contributed by atoms with Gasteiger partial charge in [0, 0.05) is 12.7 Å². The van der Waals surface area contributed by atoms with E-state index in [0.717, 1.165) is 4.90 Å². The third-order valence-corrected chi connectivity index (χ3v) is 3.22. The van der Waals surface area contributed by atoms with Crippen molar-refractivity contribution in [2.45, 2.75) is 13.1 Å². The number of aryl methyl sites for hydroxylation is 1. The summed E-state index contributed by atoms with van der Waals surface area (Å²) in [6.07, 6.45) is -4.57. The number of anilines is 1. The normalized spacial score (nSPS) is 11.6. The summed E-state index contributed by atoms with van der Waals surface area (Å²) in [6, 6.07) is 1.49. The highest BCUT2D eigenvalue weighted by Crippen LogP contribution is 2.34. The van der Waals surface area contributed by atoms with Crippen molar-refractivity contribution in [1.82, 2.24) is 20.4 Å². The Bertz CT molecular complexity index is 605. The lowest BCUT2D eigenvalue weighted by Gasteiger charge is -2.10. The predicted molar refractivity (Wildman–Crippen MR) is 61.0 cm³/mol. The summed E-state index contributed by atoms with van der Waals surface area (Å²) in [5, 5.41) is 11.4. The van der Waals surface area contributed by atoms with Crippen molar-refractivity contribution in [2.75, 3.05) is 11.9 Å². The first-order chi connectivity index (χ1) is 8.79. The number of rotatable bonds is 2. The highest BCUT2D eigenvalue weighted by molar-refractivity contribution is 7.15. The summed E-state index contributed by atoms with van der Waals surface area (Å²) in [6.45, 7) is 1.70. The molecule has 0 atom stereocenters. The maximum absolute atomic E-state index is 12.4. The molecule has 2 aromatic heterocycles. The average Bonchev–Trinajstić information content (AvgIpc) is 2.94. The second kappa shape index (κ2) is 4.61. The van der Waals surface area contributed by atoms with Gasteiger partial charge >= 0.3 is 6.18 Å². The first-order valence-electron chi connectivity index (χ1n) is 5.00. The molecular formula is C9H8F3N5OS. The van der Waals surface area contributed by atoms with Crippen LogP contribution >= 0.6 is 11.3 Å². The number of amides is 1. The van der Waals surface area contributed by atoms with Gasteiger partial charge in [0.2, 0.25) is 10.1 Å². The molecule has 102 valence electrons. The van der Waals surface area contributed by atoms with Crippen LogP contribution in [0.15, 0.2) is 6.07 Å². The van der Waals surface area contributed by atoms with Gasteiger partial charge in [0.05, 0.1) is 0 Å². The van der Waals surface area contributed by atoms with Crippen molar-refractivity contribution in [3.8, 4) is 0 Å². The number of nitrogens with zero attached hydrogens (tertiary/aromatic N) is 4. The number of alkyl halides is 3. The number of nitrogens with one attached hydrogen (secondary N) is 1. The standard InChI is InChI=1S/C9H8F3N5OS/c1-4-3-5(14-13-4)6(18)17(2)8-16-15-7(19-8)9(10,11)12/h3H,1-2H3,(H,13,14). The van der Waals surface area contributed by atoms with Crippen LogP contribution in [-0.2, 0) is 6.18 Å². The molecule has 0 bridgehead atoms. The maximum atomic E-state index is 12.4. The molecule has 0 saturated heterocycles. The minimum Gasteiger partial charge on any atom is -0.284 e. The fourth-order valence-corrected chi connectivity index (χ4v) is 1.92. The van der Waals surface area contributed by atoms with Crippen molar-refractivity contribution in [3.05, 3.63) is 22.5 Å². The number of halogens is 3. The molecule has 2 rings (SSSR count). The van der Waals surface area contributed by atoms with Crippen molar-refractivity contribution >= 4 is 22.4 Å². The number of aromatic amines is 1. The largest absolute Gasteiger partial charge is 0.445 e. The lowest BCUT2D eigenvalue weighted by Crippen LogP contribution is -2.26. The van der Waals surface area contributed by atoms with Crippen molar-refractivity contribution in [2.24, 2.45) is 0 Å². The lowest BCUT2D eigenvalue weighted by molar-refractivity contribution is -0.138. The Labute approximate surface area is 109 Å². The number of hydrogen-bond acceptors (Lipinski definition) is 5. The Balaban J connectivity index is 2.22. The molecule has 0 aromatic carbocycles. The van der Waals surface area contributed by atoms with Gasteiger partial charge in [-0.2, -0.15) is 18.3 Å². The molecule has 1 amide bonds. The van der Waals surface area contributed by atoms with E-state index in [9.17, 15) is 18.0 Å². The van der Waals surface area contributed by atoms with E-state index in [1.807, 2.05) is 0 Å². The van der Waals surface area contributed by atoms with Crippen LogP contribution in [0.25, 0.3) is 0 Å². The van der Waals surface area contributed by atoms with E-state index in [1.165, 1.54) is 13.1 Å². The Morgan fingerprint density at radius 3 is 2.58 bits per heavy atom. The molecule has 19 heavy (non-hydrogen) atoms. The van der Waals surface area contributed by atoms with Gasteiger partial charge in [-0.25, -0.2) is 0 Å². The Morgan fingerprint density at radius 2 is 2.11 bits per heavy atom. The first-order valence-corrected chi connectivity index (χ1v) is 5.81. The van der Waals surface area contributed by atoms with E-state index >= 15 is 0 Å². The van der Waals surface area contributed by atoms with Gasteiger partial charge in [-0.15, -0.1) is 10.2 Å². The smallest absolute Gasteiger partial charge is 0.284 e. The van der Waals surface area contributed by atoms with E-state index in [-0.39, 0.29) is 10.8 Å². The molecule has 2 aromatic rings. The van der Waals surface area contributed by atoms with Gasteiger partial charge < -0.3 is 0 Å². The number of H-pyrrole nitrogens is 1. The third kappa shape index (κ3) is 2.72. The van der Waals surface area contributed by atoms with Crippen LogP contribution in [0.2, 0.25) is 0 Å². The molecule has 6 nitrogen and oxygen atoms in total. The molecule has 2 heterocycles. The average molecular weight is 291 g/mol. The summed E-state index contributed by atoms with van der Waals surface area (Å²) in [5.74, 6) is -0.561. The summed E-state index contributed by atoms with van der Waals surface area (Å²) >= 11 is 0.298. The zero-order valence-corrected chi connectivity index (χ0v) is 10.6. The van der Waals surface area contributed by atoms with E-state index in [0.29, 0.717) is 17.0 Å². The fourth-order valence-electron chi connectivity index (χ4n) is 1.25. The summed E-state index contributed by atoms with van der Waals surface area (Å²) < 4.78 is 37.1. The molecule has 0 radical (unpaired) electrons. The molecule has 10 heteroatoms. The van der Waals surface area contributed by atoms with Crippen molar-refractivity contribution < 1.29 is 18.0 Å². The van der Waals surface area contributed by atoms with Gasteiger partial charge in [0.25, 0.3) is 5.91 Å². The topological polar surface area (TPSA) is 74.8 Å². The van der Waals surface area contributed by atoms with E-state index in [2.05, 4.69) is 20.4 Å². The van der Waals surface area contributed by atoms with Gasteiger partial charge in [0.1, 0.15) is 0 Å². The molecule has 0 aliphatic heterocycles. The van der Waals surface area contributed by atoms with Crippen molar-refractivity contribution in [3.63, 3.8) is 0 Å². The predicted octanol–water partition coefficient (Wildman–Crippen LogP) is 1.87. The molecule has 1 N–H and O–H groups in total. The third-order valence-electron chi connectivity index (χ3n) is 2.17. The minimum absolute atomic E-state index is 0.101. The van der Waals surface area contributed by atoms with Gasteiger partial charge in [-0.05, 0) is 13.0 Å². The molecule has 0 aliphatic rings. The monoisotopic (exact) mass is 291 g/mol. The maximum Gasteiger partial charge on any atom is 0.445 e. The highest BCUT2D eigenvalue weighted by Gasteiger charge is 2.36. The number of aromatic nitrogens is 4. The molecule has 0 spiro atoms. The second-order valence-electron chi connectivity index (χ2n) is 3.69. The van der Waals surface area contributed by atoms with Crippen LogP contribution in [0.5, 0.6) is 0 Å². The SMILES string of the molecule is Cc1cc(C(=O)N(C)c2nnc(C(F)(F)F)s2)n[nH]1. The molecule has 0 aliphatic carbocycles. The van der Waals surface area contributed by atoms with E-state index in [1.54, 1.807) is 6.92 Å². The zero-order valence-electron chi connectivity index (χ0n) is 9.82.